The van der Waals surface area contributed by atoms with E-state index in [0.29, 0.717) is 17.9 Å². The number of morpholine rings is 1. The minimum atomic E-state index is 0.269. The largest absolute Gasteiger partial charge is 0.373 e. The highest BCUT2D eigenvalue weighted by Gasteiger charge is 2.43. The molecule has 4 rings (SSSR count). The maximum Gasteiger partial charge on any atom is 0.222 e. The first-order valence-electron chi connectivity index (χ1n) is 8.93. The predicted octanol–water partition coefficient (Wildman–Crippen LogP) is 1.89. The minimum Gasteiger partial charge on any atom is -0.373 e. The Bertz CT molecular complexity index is 390. The van der Waals surface area contributed by atoms with Crippen molar-refractivity contribution in [2.45, 2.75) is 57.1 Å². The Morgan fingerprint density at radius 2 is 1.86 bits per heavy atom. The maximum atomic E-state index is 12.5. The number of carbonyl (C=O) groups is 1. The molecule has 0 spiro atoms. The van der Waals surface area contributed by atoms with E-state index in [9.17, 15) is 4.79 Å². The van der Waals surface area contributed by atoms with Gasteiger partial charge in [-0.1, -0.05) is 12.8 Å². The molecule has 2 saturated heterocycles. The van der Waals surface area contributed by atoms with Crippen LogP contribution in [0.5, 0.6) is 0 Å². The van der Waals surface area contributed by atoms with Crippen molar-refractivity contribution in [3.63, 3.8) is 0 Å². The molecule has 0 aromatic heterocycles. The molecule has 2 saturated carbocycles. The average Bonchev–Trinajstić information content (AvgIpc) is 2.99. The molecule has 118 valence electrons. The first-order valence-corrected chi connectivity index (χ1v) is 8.93. The fourth-order valence-corrected chi connectivity index (χ4v) is 4.41. The quantitative estimate of drug-likeness (QED) is 0.793. The van der Waals surface area contributed by atoms with E-state index < -0.39 is 0 Å². The number of rotatable bonds is 4. The Morgan fingerprint density at radius 1 is 1.05 bits per heavy atom. The highest BCUT2D eigenvalue weighted by Crippen LogP contribution is 2.33. The van der Waals surface area contributed by atoms with E-state index in [1.165, 1.54) is 45.1 Å². The van der Waals surface area contributed by atoms with Crippen LogP contribution in [0.3, 0.4) is 0 Å². The van der Waals surface area contributed by atoms with Crippen molar-refractivity contribution in [2.24, 2.45) is 11.8 Å². The lowest BCUT2D eigenvalue weighted by Crippen LogP contribution is -2.51. The fraction of sp³-hybridized carbons (Fsp3) is 0.941. The molecule has 0 aromatic rings. The minimum absolute atomic E-state index is 0.269. The van der Waals surface area contributed by atoms with Gasteiger partial charge in [0, 0.05) is 32.6 Å². The molecule has 0 radical (unpaired) electrons. The molecular weight excluding hydrogens is 264 g/mol. The lowest BCUT2D eigenvalue weighted by Gasteiger charge is -2.36. The summed E-state index contributed by atoms with van der Waals surface area (Å²) in [4.78, 5) is 17.2. The molecule has 1 amide bonds. The molecule has 2 aliphatic carbocycles. The molecule has 2 heterocycles. The highest BCUT2D eigenvalue weighted by atomic mass is 16.5. The number of ether oxygens (including phenoxy) is 1. The summed E-state index contributed by atoms with van der Waals surface area (Å²) in [7, 11) is 0. The SMILES string of the molecule is O=C(CC1CCCC1)N1C[C@@H]2OCCN(CC3CC3)[C@@H]2C1. The van der Waals surface area contributed by atoms with Gasteiger partial charge in [0.15, 0.2) is 0 Å². The average molecular weight is 292 g/mol. The lowest BCUT2D eigenvalue weighted by atomic mass is 10.0. The first kappa shape index (κ1) is 14.0. The van der Waals surface area contributed by atoms with E-state index in [1.54, 1.807) is 0 Å². The summed E-state index contributed by atoms with van der Waals surface area (Å²) < 4.78 is 5.95. The second-order valence-corrected chi connectivity index (χ2v) is 7.57. The van der Waals surface area contributed by atoms with Gasteiger partial charge in [-0.2, -0.15) is 0 Å². The van der Waals surface area contributed by atoms with Gasteiger partial charge in [-0.05, 0) is 37.5 Å². The van der Waals surface area contributed by atoms with Crippen molar-refractivity contribution in [1.82, 2.24) is 9.80 Å². The lowest BCUT2D eigenvalue weighted by molar-refractivity contribution is -0.131. The third kappa shape index (κ3) is 3.11. The number of likely N-dealkylation sites (tertiary alicyclic amines) is 1. The Kier molecular flexibility index (Phi) is 3.92. The second-order valence-electron chi connectivity index (χ2n) is 7.57. The van der Waals surface area contributed by atoms with Crippen LogP contribution in [0, 0.1) is 11.8 Å². The summed E-state index contributed by atoms with van der Waals surface area (Å²) in [5.41, 5.74) is 0. The van der Waals surface area contributed by atoms with E-state index in [0.717, 1.165) is 38.6 Å². The van der Waals surface area contributed by atoms with Crippen LogP contribution in [0.2, 0.25) is 0 Å². The summed E-state index contributed by atoms with van der Waals surface area (Å²) in [5.74, 6) is 1.96. The Balaban J connectivity index is 1.34. The third-order valence-corrected chi connectivity index (χ3v) is 5.90. The van der Waals surface area contributed by atoms with Crippen LogP contribution in [0.15, 0.2) is 0 Å². The molecule has 0 unspecified atom stereocenters. The molecule has 2 aliphatic heterocycles. The zero-order valence-corrected chi connectivity index (χ0v) is 13.0. The summed E-state index contributed by atoms with van der Waals surface area (Å²) in [5, 5.41) is 0. The smallest absolute Gasteiger partial charge is 0.222 e. The van der Waals surface area contributed by atoms with Gasteiger partial charge >= 0.3 is 0 Å². The molecule has 4 aliphatic rings. The summed E-state index contributed by atoms with van der Waals surface area (Å²) >= 11 is 0. The normalized spacial score (nSPS) is 34.4. The molecule has 0 bridgehead atoms. The van der Waals surface area contributed by atoms with E-state index in [2.05, 4.69) is 9.80 Å². The molecule has 4 nitrogen and oxygen atoms in total. The van der Waals surface area contributed by atoms with E-state index in [1.807, 2.05) is 0 Å². The number of nitrogens with zero attached hydrogens (tertiary/aromatic N) is 2. The van der Waals surface area contributed by atoms with Gasteiger partial charge in [0.1, 0.15) is 0 Å². The van der Waals surface area contributed by atoms with Gasteiger partial charge in [-0.3, -0.25) is 9.69 Å². The molecule has 0 aromatic carbocycles. The number of fused-ring (bicyclic) bond motifs is 1. The van der Waals surface area contributed by atoms with Crippen molar-refractivity contribution in [3.8, 4) is 0 Å². The Morgan fingerprint density at radius 3 is 2.62 bits per heavy atom. The molecular formula is C17H28N2O2. The zero-order valence-electron chi connectivity index (χ0n) is 13.0. The van der Waals surface area contributed by atoms with Gasteiger partial charge in [0.2, 0.25) is 5.91 Å². The van der Waals surface area contributed by atoms with E-state index in [-0.39, 0.29) is 6.10 Å². The molecule has 2 atom stereocenters. The molecule has 0 N–H and O–H groups in total. The van der Waals surface area contributed by atoms with Crippen molar-refractivity contribution < 1.29 is 9.53 Å². The van der Waals surface area contributed by atoms with Gasteiger partial charge in [-0.25, -0.2) is 0 Å². The first-order chi connectivity index (χ1) is 10.3. The fourth-order valence-electron chi connectivity index (χ4n) is 4.41. The van der Waals surface area contributed by atoms with Crippen LogP contribution in [0.25, 0.3) is 0 Å². The molecule has 4 fully saturated rings. The van der Waals surface area contributed by atoms with Crippen molar-refractivity contribution in [2.75, 3.05) is 32.8 Å². The number of hydrogen-bond acceptors (Lipinski definition) is 3. The van der Waals surface area contributed by atoms with Crippen LogP contribution in [0.4, 0.5) is 0 Å². The second kappa shape index (κ2) is 5.88. The monoisotopic (exact) mass is 292 g/mol. The van der Waals surface area contributed by atoms with Crippen LogP contribution in [-0.4, -0.2) is 60.6 Å². The number of amides is 1. The summed E-state index contributed by atoms with van der Waals surface area (Å²) in [6.45, 7) is 4.87. The maximum absolute atomic E-state index is 12.5. The van der Waals surface area contributed by atoms with Gasteiger partial charge < -0.3 is 9.64 Å². The van der Waals surface area contributed by atoms with Crippen LogP contribution >= 0.6 is 0 Å². The zero-order chi connectivity index (χ0) is 14.2. The van der Waals surface area contributed by atoms with Crippen molar-refractivity contribution in [3.05, 3.63) is 0 Å². The topological polar surface area (TPSA) is 32.8 Å². The van der Waals surface area contributed by atoms with Crippen LogP contribution < -0.4 is 0 Å². The van der Waals surface area contributed by atoms with Gasteiger partial charge in [-0.15, -0.1) is 0 Å². The van der Waals surface area contributed by atoms with Gasteiger partial charge in [0.05, 0.1) is 18.8 Å². The third-order valence-electron chi connectivity index (χ3n) is 5.90. The Hall–Kier alpha value is -0.610. The predicted molar refractivity (Wildman–Crippen MR) is 81.0 cm³/mol. The van der Waals surface area contributed by atoms with Gasteiger partial charge in [0.25, 0.3) is 0 Å². The Labute approximate surface area is 127 Å². The number of hydrogen-bond donors (Lipinski definition) is 0. The summed E-state index contributed by atoms with van der Waals surface area (Å²) in [6.07, 6.45) is 9.02. The standard InChI is InChI=1S/C17H28N2O2/c20-17(9-13-3-1-2-4-13)19-11-15-16(12-19)21-8-7-18(15)10-14-5-6-14/h13-16H,1-12H2/t15-,16+/m1/s1. The van der Waals surface area contributed by atoms with Crippen LogP contribution in [0.1, 0.15) is 44.9 Å². The van der Waals surface area contributed by atoms with E-state index >= 15 is 0 Å². The van der Waals surface area contributed by atoms with E-state index in [4.69, 9.17) is 4.74 Å². The summed E-state index contributed by atoms with van der Waals surface area (Å²) in [6, 6.07) is 0.465. The number of carbonyl (C=O) groups excluding carboxylic acids is 1. The highest BCUT2D eigenvalue weighted by molar-refractivity contribution is 5.77. The van der Waals surface area contributed by atoms with Crippen molar-refractivity contribution >= 4 is 5.91 Å². The van der Waals surface area contributed by atoms with Crippen molar-refractivity contribution in [1.29, 1.82) is 0 Å². The molecule has 21 heavy (non-hydrogen) atoms. The van der Waals surface area contributed by atoms with Crippen LogP contribution in [-0.2, 0) is 9.53 Å². The molecule has 4 heteroatoms.